The zero-order valence-electron chi connectivity index (χ0n) is 16.3. The van der Waals surface area contributed by atoms with Gasteiger partial charge in [0.15, 0.2) is 6.10 Å². The Bertz CT molecular complexity index is 888. The molecule has 2 rings (SSSR count). The summed E-state index contributed by atoms with van der Waals surface area (Å²) in [7, 11) is -1.84. The van der Waals surface area contributed by atoms with Gasteiger partial charge in [-0.2, -0.15) is 0 Å². The molecule has 1 N–H and O–H groups in total. The number of benzene rings is 2. The van der Waals surface area contributed by atoms with E-state index in [4.69, 9.17) is 4.74 Å². The zero-order valence-corrected chi connectivity index (χ0v) is 17.1. The smallest absolute Gasteiger partial charge is 0.265 e. The molecule has 0 bridgehead atoms. The molecule has 1 amide bonds. The summed E-state index contributed by atoms with van der Waals surface area (Å²) in [4.78, 5) is 12.6. The van der Waals surface area contributed by atoms with Crippen molar-refractivity contribution in [2.24, 2.45) is 0 Å². The third-order valence-corrected chi connectivity index (χ3v) is 5.57. The Hall–Kier alpha value is -2.54. The number of amides is 1. The van der Waals surface area contributed by atoms with Gasteiger partial charge in [-0.1, -0.05) is 25.1 Å². The Morgan fingerprint density at radius 1 is 1.11 bits per heavy atom. The van der Waals surface area contributed by atoms with Crippen molar-refractivity contribution in [1.82, 2.24) is 0 Å². The van der Waals surface area contributed by atoms with Crippen molar-refractivity contribution in [2.45, 2.75) is 33.3 Å². The third kappa shape index (κ3) is 5.23. The molecule has 146 valence electrons. The molecule has 2 aromatic rings. The highest BCUT2D eigenvalue weighted by Crippen LogP contribution is 2.23. The summed E-state index contributed by atoms with van der Waals surface area (Å²) in [6.07, 6.45) is 0.993. The van der Waals surface area contributed by atoms with Gasteiger partial charge in [-0.15, -0.1) is 0 Å². The van der Waals surface area contributed by atoms with E-state index in [1.165, 1.54) is 11.4 Å². The quantitative estimate of drug-likeness (QED) is 0.785. The lowest BCUT2D eigenvalue weighted by Gasteiger charge is -2.20. The van der Waals surface area contributed by atoms with Gasteiger partial charge in [0.1, 0.15) is 5.75 Å². The Morgan fingerprint density at radius 3 is 2.15 bits per heavy atom. The van der Waals surface area contributed by atoms with Gasteiger partial charge in [-0.25, -0.2) is 8.42 Å². The van der Waals surface area contributed by atoms with Crippen molar-refractivity contribution in [2.75, 3.05) is 22.9 Å². The second kappa shape index (κ2) is 8.43. The predicted molar refractivity (Wildman–Crippen MR) is 109 cm³/mol. The zero-order chi connectivity index (χ0) is 20.2. The molecule has 2 aromatic carbocycles. The molecule has 0 aliphatic rings. The number of aryl methyl sites for hydroxylation is 2. The van der Waals surface area contributed by atoms with Gasteiger partial charge in [0.2, 0.25) is 10.0 Å². The molecule has 0 aliphatic heterocycles. The average molecular weight is 391 g/mol. The van der Waals surface area contributed by atoms with Crippen molar-refractivity contribution in [3.63, 3.8) is 0 Å². The van der Waals surface area contributed by atoms with E-state index in [0.29, 0.717) is 17.9 Å². The molecule has 7 heteroatoms. The highest BCUT2D eigenvalue weighted by atomic mass is 32.2. The van der Waals surface area contributed by atoms with Crippen LogP contribution in [0.4, 0.5) is 11.4 Å². The van der Waals surface area contributed by atoms with Crippen LogP contribution in [0.25, 0.3) is 0 Å². The van der Waals surface area contributed by atoms with E-state index in [1.807, 2.05) is 39.0 Å². The van der Waals surface area contributed by atoms with Crippen LogP contribution < -0.4 is 14.4 Å². The Morgan fingerprint density at radius 2 is 1.67 bits per heavy atom. The fourth-order valence-electron chi connectivity index (χ4n) is 2.63. The molecule has 1 unspecified atom stereocenters. The second-order valence-corrected chi connectivity index (χ2v) is 8.51. The molecule has 0 radical (unpaired) electrons. The summed E-state index contributed by atoms with van der Waals surface area (Å²) >= 11 is 0. The van der Waals surface area contributed by atoms with Crippen LogP contribution in [0, 0.1) is 13.8 Å². The number of carbonyl (C=O) groups excluding carboxylic acids is 1. The van der Waals surface area contributed by atoms with Crippen LogP contribution >= 0.6 is 0 Å². The molecular formula is C20H26N2O4S. The van der Waals surface area contributed by atoms with E-state index >= 15 is 0 Å². The van der Waals surface area contributed by atoms with Crippen LogP contribution in [-0.2, 0) is 14.8 Å². The fraction of sp³-hybridized carbons (Fsp3) is 0.350. The summed E-state index contributed by atoms with van der Waals surface area (Å²) in [6, 6.07) is 12.4. The third-order valence-electron chi connectivity index (χ3n) is 4.37. The van der Waals surface area contributed by atoms with Crippen LogP contribution in [0.15, 0.2) is 42.5 Å². The summed E-state index contributed by atoms with van der Waals surface area (Å²) in [5, 5.41) is 2.95. The maximum absolute atomic E-state index is 12.6. The minimum Gasteiger partial charge on any atom is -0.481 e. The fourth-order valence-corrected chi connectivity index (χ4v) is 3.13. The average Bonchev–Trinajstić information content (AvgIpc) is 2.61. The van der Waals surface area contributed by atoms with Gasteiger partial charge in [0, 0.05) is 12.7 Å². The first-order valence-corrected chi connectivity index (χ1v) is 10.6. The molecule has 0 aliphatic carbocycles. The van der Waals surface area contributed by atoms with Crippen molar-refractivity contribution in [1.29, 1.82) is 0 Å². The first kappa shape index (κ1) is 20.8. The van der Waals surface area contributed by atoms with Gasteiger partial charge in [0.25, 0.3) is 5.91 Å². The number of para-hydroxylation sites is 1. The highest BCUT2D eigenvalue weighted by Gasteiger charge is 2.20. The number of nitrogens with one attached hydrogen (secondary N) is 1. The summed E-state index contributed by atoms with van der Waals surface area (Å²) in [5.41, 5.74) is 3.31. The number of carbonyl (C=O) groups is 1. The molecule has 27 heavy (non-hydrogen) atoms. The molecule has 0 saturated heterocycles. The van der Waals surface area contributed by atoms with Crippen LogP contribution in [0.5, 0.6) is 5.75 Å². The number of ether oxygens (including phenoxy) is 1. The van der Waals surface area contributed by atoms with E-state index < -0.39 is 16.1 Å². The molecular weight excluding hydrogens is 364 g/mol. The van der Waals surface area contributed by atoms with E-state index in [0.717, 1.165) is 23.1 Å². The van der Waals surface area contributed by atoms with Gasteiger partial charge >= 0.3 is 0 Å². The molecule has 1 atom stereocenters. The molecule has 6 nitrogen and oxygen atoms in total. The lowest BCUT2D eigenvalue weighted by molar-refractivity contribution is -0.122. The lowest BCUT2D eigenvalue weighted by atomic mass is 10.1. The monoisotopic (exact) mass is 390 g/mol. The topological polar surface area (TPSA) is 75.7 Å². The largest absolute Gasteiger partial charge is 0.481 e. The Kier molecular flexibility index (Phi) is 6.49. The van der Waals surface area contributed by atoms with Gasteiger partial charge in [-0.05, 0) is 55.7 Å². The van der Waals surface area contributed by atoms with Crippen LogP contribution in [0.3, 0.4) is 0 Å². The molecule has 0 spiro atoms. The molecule has 0 heterocycles. The predicted octanol–water partition coefficient (Wildman–Crippen LogP) is 3.50. The van der Waals surface area contributed by atoms with E-state index in [9.17, 15) is 13.2 Å². The molecule has 0 saturated carbocycles. The minimum atomic E-state index is -3.32. The summed E-state index contributed by atoms with van der Waals surface area (Å²) < 4.78 is 30.2. The Balaban J connectivity index is 2.11. The number of hydrogen-bond acceptors (Lipinski definition) is 4. The highest BCUT2D eigenvalue weighted by molar-refractivity contribution is 7.92. The number of rotatable bonds is 7. The lowest BCUT2D eigenvalue weighted by Crippen LogP contribution is -2.32. The van der Waals surface area contributed by atoms with Crippen LogP contribution in [0.2, 0.25) is 0 Å². The van der Waals surface area contributed by atoms with Crippen molar-refractivity contribution < 1.29 is 17.9 Å². The first-order valence-electron chi connectivity index (χ1n) is 8.71. The normalized spacial score (nSPS) is 12.3. The summed E-state index contributed by atoms with van der Waals surface area (Å²) in [6.45, 7) is 5.77. The number of nitrogens with zero attached hydrogens (tertiary/aromatic N) is 1. The van der Waals surface area contributed by atoms with Crippen molar-refractivity contribution >= 4 is 27.3 Å². The minimum absolute atomic E-state index is 0.216. The maximum atomic E-state index is 12.6. The SMILES string of the molecule is CCC(Oc1ccc(N(C)S(C)(=O)=O)cc1)C(=O)Nc1c(C)cccc1C. The van der Waals surface area contributed by atoms with Gasteiger partial charge in [0.05, 0.1) is 11.9 Å². The molecule has 0 fully saturated rings. The van der Waals surface area contributed by atoms with Crippen molar-refractivity contribution in [3.05, 3.63) is 53.6 Å². The maximum Gasteiger partial charge on any atom is 0.265 e. The van der Waals surface area contributed by atoms with E-state index in [2.05, 4.69) is 5.32 Å². The number of sulfonamides is 1. The molecule has 0 aromatic heterocycles. The van der Waals surface area contributed by atoms with Crippen molar-refractivity contribution in [3.8, 4) is 5.75 Å². The van der Waals surface area contributed by atoms with Crippen LogP contribution in [-0.4, -0.2) is 33.7 Å². The van der Waals surface area contributed by atoms with Gasteiger partial charge < -0.3 is 10.1 Å². The summed E-state index contributed by atoms with van der Waals surface area (Å²) in [5.74, 6) is 0.288. The van der Waals surface area contributed by atoms with E-state index in [-0.39, 0.29) is 5.91 Å². The van der Waals surface area contributed by atoms with E-state index in [1.54, 1.807) is 24.3 Å². The van der Waals surface area contributed by atoms with Crippen LogP contribution in [0.1, 0.15) is 24.5 Å². The van der Waals surface area contributed by atoms with Gasteiger partial charge in [-0.3, -0.25) is 9.10 Å². The first-order chi connectivity index (χ1) is 12.6. The second-order valence-electron chi connectivity index (χ2n) is 6.50. The Labute approximate surface area is 161 Å². The number of anilines is 2. The standard InChI is InChI=1S/C20H26N2O4S/c1-6-18(20(23)21-19-14(2)8-7-9-15(19)3)26-17-12-10-16(11-13-17)22(4)27(5,24)25/h7-13,18H,6H2,1-5H3,(H,21,23). The number of hydrogen-bond donors (Lipinski definition) is 1.